The predicted molar refractivity (Wildman–Crippen MR) is 153 cm³/mol. The number of likely N-dealkylation sites (tertiary alicyclic amines) is 1. The van der Waals surface area contributed by atoms with E-state index in [1.165, 1.54) is 0 Å². The van der Waals surface area contributed by atoms with Crippen molar-refractivity contribution in [3.8, 4) is 0 Å². The van der Waals surface area contributed by atoms with E-state index in [0.29, 0.717) is 12.1 Å². The Kier molecular flexibility index (Phi) is 9.99. The molecular weight excluding hydrogens is 680 g/mol. The number of carbonyl (C=O) groups excluding carboxylic acids is 2. The Hall–Kier alpha value is -3.76. The molecule has 2 amide bonds. The molecule has 2 N–H and O–H groups in total. The Balaban J connectivity index is 1.89. The van der Waals surface area contributed by atoms with Gasteiger partial charge in [-0.25, -0.2) is 17.2 Å². The van der Waals surface area contributed by atoms with Crippen molar-refractivity contribution in [2.24, 2.45) is 11.8 Å². The van der Waals surface area contributed by atoms with Crippen molar-refractivity contribution in [3.05, 3.63) is 65.5 Å². The maximum atomic E-state index is 14.9. The summed E-state index contributed by atoms with van der Waals surface area (Å²) >= 11 is 0. The molecule has 0 bridgehead atoms. The molecule has 2 aromatic rings. The van der Waals surface area contributed by atoms with Gasteiger partial charge in [-0.1, -0.05) is 24.3 Å². The summed E-state index contributed by atoms with van der Waals surface area (Å²) in [6.07, 6.45) is -13.2. The molecule has 2 atom stereocenters. The largest absolute Gasteiger partial charge is 0.481 e. The van der Waals surface area contributed by atoms with Crippen molar-refractivity contribution < 1.29 is 63.0 Å². The highest BCUT2D eigenvalue weighted by molar-refractivity contribution is 7.92. The predicted octanol–water partition coefficient (Wildman–Crippen LogP) is 5.80. The molecule has 264 valence electrons. The van der Waals surface area contributed by atoms with Crippen LogP contribution in [0.15, 0.2) is 53.4 Å². The third kappa shape index (κ3) is 6.49. The Morgan fingerprint density at radius 2 is 1.35 bits per heavy atom. The summed E-state index contributed by atoms with van der Waals surface area (Å²) in [5.74, 6) is -4.94. The fraction of sp³-hybridized carbons (Fsp3) is 0.516. The summed E-state index contributed by atoms with van der Waals surface area (Å²) in [5.41, 5.74) is -8.14. The molecule has 4 rings (SSSR count). The van der Waals surface area contributed by atoms with Crippen LogP contribution in [0.25, 0.3) is 0 Å². The van der Waals surface area contributed by atoms with Crippen molar-refractivity contribution in [3.63, 3.8) is 0 Å². The number of halogens is 8. The standard InChI is InChI=1S/C31H32F8N2O6S/c1-17(2)40-25(42)24-15-28(48(46,47)23-13-11-22(32)12-14-23,16-41(24)26(43)18-3-5-19(6-4-18)27(44)45)20-7-9-21(10-8-20)29(33,30(34,35)36)31(37,38)39/h7-14,17-19,24H,3-6,15-16H2,1-2H3,(H,40,42)(H,44,45). The molecule has 2 aliphatic rings. The van der Waals surface area contributed by atoms with Gasteiger partial charge in [0.1, 0.15) is 16.6 Å². The number of hydrogen-bond acceptors (Lipinski definition) is 5. The highest BCUT2D eigenvalue weighted by atomic mass is 32.2. The fourth-order valence-corrected chi connectivity index (χ4v) is 8.51. The molecule has 0 radical (unpaired) electrons. The van der Waals surface area contributed by atoms with Gasteiger partial charge in [0.25, 0.3) is 0 Å². The number of amides is 2. The number of carboxylic acid groups (broad SMARTS) is 1. The molecule has 2 unspecified atom stereocenters. The summed E-state index contributed by atoms with van der Waals surface area (Å²) < 4.78 is 136. The molecule has 1 aliphatic heterocycles. The molecule has 2 fully saturated rings. The number of sulfone groups is 1. The smallest absolute Gasteiger partial charge is 0.435 e. The highest BCUT2D eigenvalue weighted by Crippen LogP contribution is 2.54. The first-order valence-electron chi connectivity index (χ1n) is 14.8. The molecule has 1 aliphatic carbocycles. The lowest BCUT2D eigenvalue weighted by Crippen LogP contribution is -2.50. The molecule has 8 nitrogen and oxygen atoms in total. The minimum absolute atomic E-state index is 0.0880. The first-order valence-corrected chi connectivity index (χ1v) is 16.3. The van der Waals surface area contributed by atoms with Gasteiger partial charge in [-0.05, 0) is 69.4 Å². The Morgan fingerprint density at radius 1 is 0.854 bits per heavy atom. The van der Waals surface area contributed by atoms with Gasteiger partial charge in [-0.15, -0.1) is 0 Å². The van der Waals surface area contributed by atoms with E-state index in [-0.39, 0.29) is 37.8 Å². The second kappa shape index (κ2) is 12.9. The first-order chi connectivity index (χ1) is 22.1. The van der Waals surface area contributed by atoms with E-state index in [2.05, 4.69) is 5.32 Å². The second-order valence-corrected chi connectivity index (χ2v) is 14.7. The average molecular weight is 713 g/mol. The molecule has 1 heterocycles. The van der Waals surface area contributed by atoms with E-state index in [1.54, 1.807) is 13.8 Å². The van der Waals surface area contributed by atoms with Crippen LogP contribution < -0.4 is 5.32 Å². The van der Waals surface area contributed by atoms with E-state index < -0.39 is 109 Å². The van der Waals surface area contributed by atoms with E-state index in [9.17, 15) is 63.0 Å². The number of hydrogen-bond donors (Lipinski definition) is 2. The maximum absolute atomic E-state index is 14.9. The third-order valence-corrected chi connectivity index (χ3v) is 11.4. The Labute approximate surface area is 270 Å². The van der Waals surface area contributed by atoms with Crippen LogP contribution in [0.1, 0.15) is 57.1 Å². The minimum atomic E-state index is -6.44. The lowest BCUT2D eigenvalue weighted by Gasteiger charge is -2.33. The monoisotopic (exact) mass is 712 g/mol. The number of alkyl halides is 7. The quantitative estimate of drug-likeness (QED) is 0.264. The van der Waals surface area contributed by atoms with Crippen molar-refractivity contribution >= 4 is 27.6 Å². The van der Waals surface area contributed by atoms with Crippen molar-refractivity contribution in [1.82, 2.24) is 10.2 Å². The van der Waals surface area contributed by atoms with Crippen LogP contribution in [-0.4, -0.2) is 67.2 Å². The van der Waals surface area contributed by atoms with Crippen molar-refractivity contribution in [1.29, 1.82) is 0 Å². The van der Waals surface area contributed by atoms with E-state index >= 15 is 0 Å². The molecule has 0 aromatic heterocycles. The Morgan fingerprint density at radius 3 is 1.81 bits per heavy atom. The molecule has 48 heavy (non-hydrogen) atoms. The summed E-state index contributed by atoms with van der Waals surface area (Å²) in [4.78, 5) is 39.4. The molecule has 2 aromatic carbocycles. The fourth-order valence-electron chi connectivity index (χ4n) is 6.43. The van der Waals surface area contributed by atoms with Gasteiger partial charge >= 0.3 is 24.0 Å². The molecule has 0 spiro atoms. The SMILES string of the molecule is CC(C)NC(=O)C1CC(c2ccc(C(F)(C(F)(F)F)C(F)(F)F)cc2)(S(=O)(=O)c2ccc(F)cc2)CN1C(=O)C1CCC(C(=O)O)CC1. The van der Waals surface area contributed by atoms with Crippen LogP contribution in [0.3, 0.4) is 0 Å². The summed E-state index contributed by atoms with van der Waals surface area (Å²) in [7, 11) is -4.84. The first kappa shape index (κ1) is 37.1. The van der Waals surface area contributed by atoms with Crippen LogP contribution >= 0.6 is 0 Å². The van der Waals surface area contributed by atoms with Gasteiger partial charge in [0.05, 0.1) is 10.8 Å². The number of nitrogens with one attached hydrogen (secondary N) is 1. The van der Waals surface area contributed by atoms with Gasteiger partial charge in [0.15, 0.2) is 9.84 Å². The third-order valence-electron chi connectivity index (χ3n) is 9.00. The highest BCUT2D eigenvalue weighted by Gasteiger charge is 2.73. The lowest BCUT2D eigenvalue weighted by atomic mass is 9.81. The van der Waals surface area contributed by atoms with Crippen LogP contribution in [0.4, 0.5) is 35.1 Å². The molecule has 1 saturated heterocycles. The average Bonchev–Trinajstić information content (AvgIpc) is 3.42. The van der Waals surface area contributed by atoms with Gasteiger partial charge in [0.2, 0.25) is 11.8 Å². The lowest BCUT2D eigenvalue weighted by molar-refractivity contribution is -0.348. The maximum Gasteiger partial charge on any atom is 0.435 e. The minimum Gasteiger partial charge on any atom is -0.481 e. The van der Waals surface area contributed by atoms with Gasteiger partial charge in [-0.2, -0.15) is 26.3 Å². The van der Waals surface area contributed by atoms with Crippen LogP contribution in [-0.2, 0) is 34.6 Å². The van der Waals surface area contributed by atoms with E-state index in [1.807, 2.05) is 0 Å². The number of carbonyl (C=O) groups is 3. The second-order valence-electron chi connectivity index (χ2n) is 12.4. The number of aliphatic carboxylic acids is 1. The molecular formula is C31H32F8N2O6S. The van der Waals surface area contributed by atoms with E-state index in [0.717, 1.165) is 29.2 Å². The number of carboxylic acids is 1. The molecule has 17 heteroatoms. The van der Waals surface area contributed by atoms with Crippen LogP contribution in [0, 0.1) is 17.7 Å². The van der Waals surface area contributed by atoms with Crippen LogP contribution in [0.2, 0.25) is 0 Å². The number of benzene rings is 2. The molecule has 1 saturated carbocycles. The number of rotatable bonds is 8. The van der Waals surface area contributed by atoms with Crippen molar-refractivity contribution in [2.45, 2.75) is 85.7 Å². The van der Waals surface area contributed by atoms with Gasteiger partial charge in [0, 0.05) is 30.5 Å². The van der Waals surface area contributed by atoms with Crippen molar-refractivity contribution in [2.75, 3.05) is 6.54 Å². The normalized spacial score (nSPS) is 24.1. The summed E-state index contributed by atoms with van der Waals surface area (Å²) in [5, 5.41) is 11.9. The van der Waals surface area contributed by atoms with Gasteiger partial charge in [-0.3, -0.25) is 14.4 Å². The summed E-state index contributed by atoms with van der Waals surface area (Å²) in [6.45, 7) is 2.36. The van der Waals surface area contributed by atoms with E-state index in [4.69, 9.17) is 0 Å². The zero-order chi connectivity index (χ0) is 36.0. The van der Waals surface area contributed by atoms with Gasteiger partial charge < -0.3 is 15.3 Å². The topological polar surface area (TPSA) is 121 Å². The zero-order valence-corrected chi connectivity index (χ0v) is 26.4. The van der Waals surface area contributed by atoms with Crippen LogP contribution in [0.5, 0.6) is 0 Å². The zero-order valence-electron chi connectivity index (χ0n) is 25.5. The summed E-state index contributed by atoms with van der Waals surface area (Å²) in [6, 6.07) is 2.78. The number of nitrogens with zero attached hydrogens (tertiary/aromatic N) is 1. The Bertz CT molecular complexity index is 1620.